The zero-order valence-electron chi connectivity index (χ0n) is 11.0. The Balaban J connectivity index is 1.96. The van der Waals surface area contributed by atoms with E-state index in [0.29, 0.717) is 6.42 Å². The molecule has 0 radical (unpaired) electrons. The van der Waals surface area contributed by atoms with Gasteiger partial charge in [-0.1, -0.05) is 18.2 Å². The third kappa shape index (κ3) is 3.30. The molecule has 0 saturated heterocycles. The molecule has 0 aliphatic heterocycles. The van der Waals surface area contributed by atoms with E-state index in [4.69, 9.17) is 0 Å². The average molecular weight is 288 g/mol. The Kier molecular flexibility index (Phi) is 4.32. The fourth-order valence-corrected chi connectivity index (χ4v) is 2.09. The lowest BCUT2D eigenvalue weighted by Crippen LogP contribution is -2.42. The number of H-pyrrole nitrogens is 1. The molecule has 0 fully saturated rings. The van der Waals surface area contributed by atoms with Crippen molar-refractivity contribution in [1.29, 1.82) is 0 Å². The molecule has 1 aromatic heterocycles. The van der Waals surface area contributed by atoms with E-state index in [1.165, 1.54) is 0 Å². The molecular weight excluding hydrogens is 272 g/mol. The number of para-hydroxylation sites is 1. The summed E-state index contributed by atoms with van der Waals surface area (Å²) in [7, 11) is 0. The van der Waals surface area contributed by atoms with Gasteiger partial charge < -0.3 is 10.3 Å². The van der Waals surface area contributed by atoms with Crippen LogP contribution in [0.15, 0.2) is 30.5 Å². The second-order valence-electron chi connectivity index (χ2n) is 4.91. The first kappa shape index (κ1) is 14.8. The van der Waals surface area contributed by atoms with Crippen molar-refractivity contribution in [3.8, 4) is 0 Å². The van der Waals surface area contributed by atoms with Crippen LogP contribution < -0.4 is 5.32 Å². The standard InChI is InChI=1S/C14H16F4N2/c1-9(20-8-14(17,18)13(15)16)6-10-7-19-12-5-3-2-4-11(10)12/h2-5,7,9,13,19-20H,6,8H2,1H3/t9-/m1/s1. The lowest BCUT2D eigenvalue weighted by molar-refractivity contribution is -0.126. The summed E-state index contributed by atoms with van der Waals surface area (Å²) >= 11 is 0. The lowest BCUT2D eigenvalue weighted by Gasteiger charge is -2.19. The SMILES string of the molecule is C[C@H](Cc1c[nH]c2ccccc12)NCC(F)(F)C(F)F. The molecule has 1 heterocycles. The van der Waals surface area contributed by atoms with Gasteiger partial charge in [0.2, 0.25) is 0 Å². The fraction of sp³-hybridized carbons (Fsp3) is 0.429. The van der Waals surface area contributed by atoms with E-state index in [0.717, 1.165) is 16.5 Å². The van der Waals surface area contributed by atoms with Crippen molar-refractivity contribution in [1.82, 2.24) is 10.3 Å². The highest BCUT2D eigenvalue weighted by Crippen LogP contribution is 2.22. The summed E-state index contributed by atoms with van der Waals surface area (Å²) in [5.74, 6) is -3.99. The molecule has 0 aliphatic rings. The molecule has 2 aromatic rings. The van der Waals surface area contributed by atoms with E-state index in [1.54, 1.807) is 6.92 Å². The smallest absolute Gasteiger partial charge is 0.319 e. The number of nitrogens with one attached hydrogen (secondary N) is 2. The van der Waals surface area contributed by atoms with Gasteiger partial charge >= 0.3 is 12.3 Å². The molecule has 2 N–H and O–H groups in total. The first-order valence-corrected chi connectivity index (χ1v) is 6.34. The Morgan fingerprint density at radius 3 is 2.65 bits per heavy atom. The minimum atomic E-state index is -3.99. The van der Waals surface area contributed by atoms with Crippen molar-refractivity contribution in [2.45, 2.75) is 31.7 Å². The quantitative estimate of drug-likeness (QED) is 0.781. The molecule has 0 spiro atoms. The monoisotopic (exact) mass is 288 g/mol. The Morgan fingerprint density at radius 2 is 1.95 bits per heavy atom. The lowest BCUT2D eigenvalue weighted by atomic mass is 10.1. The normalized spacial score (nSPS) is 14.1. The number of alkyl halides is 4. The van der Waals surface area contributed by atoms with E-state index in [2.05, 4.69) is 10.3 Å². The van der Waals surface area contributed by atoms with Crippen molar-refractivity contribution in [2.75, 3.05) is 6.54 Å². The molecule has 0 amide bonds. The van der Waals surface area contributed by atoms with Gasteiger partial charge in [-0.15, -0.1) is 0 Å². The highest BCUT2D eigenvalue weighted by atomic mass is 19.3. The maximum atomic E-state index is 12.8. The van der Waals surface area contributed by atoms with Gasteiger partial charge in [0, 0.05) is 23.1 Å². The molecule has 0 saturated carbocycles. The number of hydrogen-bond acceptors (Lipinski definition) is 1. The topological polar surface area (TPSA) is 27.8 Å². The molecule has 1 aromatic carbocycles. The van der Waals surface area contributed by atoms with Crippen LogP contribution in [0.4, 0.5) is 17.6 Å². The molecule has 2 nitrogen and oxygen atoms in total. The van der Waals surface area contributed by atoms with E-state index in [1.807, 2.05) is 30.5 Å². The van der Waals surface area contributed by atoms with Crippen LogP contribution in [-0.2, 0) is 6.42 Å². The summed E-state index contributed by atoms with van der Waals surface area (Å²) in [6.07, 6.45) is -1.34. The summed E-state index contributed by atoms with van der Waals surface area (Å²) < 4.78 is 49.7. The first-order chi connectivity index (χ1) is 9.40. The minimum absolute atomic E-state index is 0.321. The highest BCUT2D eigenvalue weighted by molar-refractivity contribution is 5.83. The van der Waals surface area contributed by atoms with Gasteiger partial charge in [0.1, 0.15) is 0 Å². The Morgan fingerprint density at radius 1 is 1.25 bits per heavy atom. The molecule has 110 valence electrons. The number of rotatable bonds is 6. The molecule has 0 aliphatic carbocycles. The van der Waals surface area contributed by atoms with E-state index in [9.17, 15) is 17.6 Å². The van der Waals surface area contributed by atoms with Gasteiger partial charge in [-0.25, -0.2) is 8.78 Å². The summed E-state index contributed by atoms with van der Waals surface area (Å²) in [5.41, 5.74) is 1.94. The van der Waals surface area contributed by atoms with Crippen LogP contribution >= 0.6 is 0 Å². The van der Waals surface area contributed by atoms with Crippen molar-refractivity contribution in [2.24, 2.45) is 0 Å². The van der Waals surface area contributed by atoms with Gasteiger partial charge in [0.05, 0.1) is 6.54 Å². The average Bonchev–Trinajstić information content (AvgIpc) is 2.80. The minimum Gasteiger partial charge on any atom is -0.361 e. The van der Waals surface area contributed by atoms with Crippen LogP contribution in [0.3, 0.4) is 0 Å². The summed E-state index contributed by atoms with van der Waals surface area (Å²) in [5, 5.41) is 3.48. The van der Waals surface area contributed by atoms with Crippen molar-refractivity contribution in [3.05, 3.63) is 36.0 Å². The zero-order chi connectivity index (χ0) is 14.8. The predicted octanol–water partition coefficient (Wildman–Crippen LogP) is 3.59. The molecule has 1 atom stereocenters. The maximum absolute atomic E-state index is 12.8. The predicted molar refractivity (Wildman–Crippen MR) is 70.4 cm³/mol. The molecule has 20 heavy (non-hydrogen) atoms. The number of fused-ring (bicyclic) bond motifs is 1. The van der Waals surface area contributed by atoms with Crippen LogP contribution in [0.1, 0.15) is 12.5 Å². The maximum Gasteiger partial charge on any atom is 0.319 e. The van der Waals surface area contributed by atoms with Crippen molar-refractivity contribution < 1.29 is 17.6 Å². The molecule has 0 bridgehead atoms. The van der Waals surface area contributed by atoms with Gasteiger partial charge in [0.25, 0.3) is 0 Å². The van der Waals surface area contributed by atoms with E-state index in [-0.39, 0.29) is 6.04 Å². The number of aromatic nitrogens is 1. The fourth-order valence-electron chi connectivity index (χ4n) is 2.09. The Bertz CT molecular complexity index is 565. The summed E-state index contributed by atoms with van der Waals surface area (Å²) in [4.78, 5) is 3.09. The molecule has 2 rings (SSSR count). The zero-order valence-corrected chi connectivity index (χ0v) is 11.0. The van der Waals surface area contributed by atoms with E-state index >= 15 is 0 Å². The van der Waals surface area contributed by atoms with Crippen LogP contribution in [0.2, 0.25) is 0 Å². The van der Waals surface area contributed by atoms with Gasteiger partial charge in [0.15, 0.2) is 0 Å². The van der Waals surface area contributed by atoms with Gasteiger partial charge in [-0.3, -0.25) is 0 Å². The molecule has 0 unspecified atom stereocenters. The van der Waals surface area contributed by atoms with Gasteiger partial charge in [-0.05, 0) is 25.0 Å². The largest absolute Gasteiger partial charge is 0.361 e. The van der Waals surface area contributed by atoms with Crippen LogP contribution in [0.25, 0.3) is 10.9 Å². The van der Waals surface area contributed by atoms with Crippen molar-refractivity contribution in [3.63, 3.8) is 0 Å². The second kappa shape index (κ2) is 5.83. The number of aromatic amines is 1. The Hall–Kier alpha value is -1.56. The van der Waals surface area contributed by atoms with E-state index < -0.39 is 18.9 Å². The van der Waals surface area contributed by atoms with Crippen LogP contribution in [0, 0.1) is 0 Å². The van der Waals surface area contributed by atoms with Crippen LogP contribution in [-0.4, -0.2) is 29.9 Å². The number of benzene rings is 1. The number of hydrogen-bond donors (Lipinski definition) is 2. The molecule has 6 heteroatoms. The van der Waals surface area contributed by atoms with Crippen molar-refractivity contribution >= 4 is 10.9 Å². The second-order valence-corrected chi connectivity index (χ2v) is 4.91. The summed E-state index contributed by atoms with van der Waals surface area (Å²) in [6, 6.07) is 7.32. The third-order valence-electron chi connectivity index (χ3n) is 3.21. The third-order valence-corrected chi connectivity index (χ3v) is 3.21. The highest BCUT2D eigenvalue weighted by Gasteiger charge is 2.40. The first-order valence-electron chi connectivity index (χ1n) is 6.34. The summed E-state index contributed by atoms with van der Waals surface area (Å²) in [6.45, 7) is 0.678. The number of halogens is 4. The Labute approximate surface area is 114 Å². The van der Waals surface area contributed by atoms with Gasteiger partial charge in [-0.2, -0.15) is 8.78 Å². The van der Waals surface area contributed by atoms with Crippen LogP contribution in [0.5, 0.6) is 0 Å². The molecular formula is C14H16F4N2.